The summed E-state index contributed by atoms with van der Waals surface area (Å²) in [7, 11) is 0. The van der Waals surface area contributed by atoms with Gasteiger partial charge in [0.05, 0.1) is 0 Å². The van der Waals surface area contributed by atoms with Crippen LogP contribution in [0.1, 0.15) is 76.6 Å². The quantitative estimate of drug-likeness (QED) is 0.415. The van der Waals surface area contributed by atoms with E-state index in [-0.39, 0.29) is 11.8 Å². The van der Waals surface area contributed by atoms with Gasteiger partial charge in [0.25, 0.3) is 0 Å². The smallest absolute Gasteiger partial charge is 0.408 e. The Morgan fingerprint density at radius 2 is 1.69 bits per heavy atom. The number of ether oxygens (including phenoxy) is 1. The van der Waals surface area contributed by atoms with Gasteiger partial charge in [0.15, 0.2) is 0 Å². The molecule has 0 saturated heterocycles. The molecule has 0 saturated carbocycles. The average molecular weight is 496 g/mol. The first kappa shape index (κ1) is 28.9. The lowest BCUT2D eigenvalue weighted by Gasteiger charge is -2.34. The Morgan fingerprint density at radius 1 is 1.00 bits per heavy atom. The minimum Gasteiger partial charge on any atom is -0.444 e. The van der Waals surface area contributed by atoms with Crippen molar-refractivity contribution in [3.05, 3.63) is 71.3 Å². The van der Waals surface area contributed by atoms with Crippen molar-refractivity contribution in [3.8, 4) is 0 Å². The molecule has 0 aliphatic heterocycles. The Labute approximate surface area is 215 Å². The van der Waals surface area contributed by atoms with Crippen LogP contribution in [0.15, 0.2) is 54.6 Å². The Bertz CT molecular complexity index is 1000. The van der Waals surface area contributed by atoms with Crippen molar-refractivity contribution >= 4 is 17.9 Å². The fourth-order valence-electron chi connectivity index (χ4n) is 3.89. The maximum absolute atomic E-state index is 13.7. The van der Waals surface area contributed by atoms with Gasteiger partial charge < -0.3 is 20.3 Å². The summed E-state index contributed by atoms with van der Waals surface area (Å²) in [6.45, 7) is 11.7. The molecule has 2 aromatic carbocycles. The summed E-state index contributed by atoms with van der Waals surface area (Å²) in [5, 5.41) is 5.65. The molecule has 36 heavy (non-hydrogen) atoms. The van der Waals surface area contributed by atoms with Crippen LogP contribution in [0, 0.1) is 6.92 Å². The third kappa shape index (κ3) is 9.36. The molecule has 7 nitrogen and oxygen atoms in total. The number of nitrogens with zero attached hydrogens (tertiary/aromatic N) is 1. The van der Waals surface area contributed by atoms with Crippen molar-refractivity contribution in [2.45, 2.75) is 85.0 Å². The lowest BCUT2D eigenvalue weighted by molar-refractivity contribution is -0.142. The molecular formula is C29H41N3O4. The van der Waals surface area contributed by atoms with Crippen molar-refractivity contribution in [2.75, 3.05) is 6.54 Å². The molecule has 2 atom stereocenters. The highest BCUT2D eigenvalue weighted by atomic mass is 16.6. The maximum Gasteiger partial charge on any atom is 0.408 e. The summed E-state index contributed by atoms with van der Waals surface area (Å²) in [5.74, 6) is -0.600. The van der Waals surface area contributed by atoms with Crippen molar-refractivity contribution in [1.29, 1.82) is 0 Å². The van der Waals surface area contributed by atoms with Gasteiger partial charge in [-0.2, -0.15) is 0 Å². The standard InChI is InChI=1S/C29H41N3O4/c1-7-8-12-18-32(27(34)22(3)31-28(35)36-29(4,5)6)25(24-17-13-14-21(2)19-24)26(33)30-20-23-15-10-9-11-16-23/h9-11,13-17,19,22,25H,7-8,12,18,20H2,1-6H3,(H,30,33)(H,31,35). The van der Waals surface area contributed by atoms with Gasteiger partial charge in [0.1, 0.15) is 17.7 Å². The topological polar surface area (TPSA) is 87.7 Å². The highest BCUT2D eigenvalue weighted by Crippen LogP contribution is 2.24. The zero-order valence-corrected chi connectivity index (χ0v) is 22.5. The highest BCUT2D eigenvalue weighted by molar-refractivity contribution is 5.92. The number of nitrogens with one attached hydrogen (secondary N) is 2. The second-order valence-corrected chi connectivity index (χ2v) is 10.1. The fraction of sp³-hybridized carbons (Fsp3) is 0.483. The molecule has 2 aromatic rings. The number of alkyl carbamates (subject to hydrolysis) is 1. The van der Waals surface area contributed by atoms with E-state index in [1.807, 2.05) is 61.5 Å². The van der Waals surface area contributed by atoms with Crippen LogP contribution in [-0.2, 0) is 20.9 Å². The van der Waals surface area contributed by atoms with Gasteiger partial charge in [-0.25, -0.2) is 4.79 Å². The molecule has 2 rings (SSSR count). The van der Waals surface area contributed by atoms with E-state index < -0.39 is 23.8 Å². The summed E-state index contributed by atoms with van der Waals surface area (Å²) in [6.07, 6.45) is 1.97. The number of aryl methyl sites for hydroxylation is 1. The van der Waals surface area contributed by atoms with Crippen LogP contribution in [0.25, 0.3) is 0 Å². The van der Waals surface area contributed by atoms with E-state index in [0.29, 0.717) is 13.1 Å². The summed E-state index contributed by atoms with van der Waals surface area (Å²) < 4.78 is 5.33. The summed E-state index contributed by atoms with van der Waals surface area (Å²) in [4.78, 5) is 41.3. The van der Waals surface area contributed by atoms with E-state index in [1.165, 1.54) is 0 Å². The highest BCUT2D eigenvalue weighted by Gasteiger charge is 2.34. The lowest BCUT2D eigenvalue weighted by Crippen LogP contribution is -2.52. The zero-order valence-electron chi connectivity index (χ0n) is 22.5. The van der Waals surface area contributed by atoms with Crippen LogP contribution in [0.4, 0.5) is 4.79 Å². The van der Waals surface area contributed by atoms with E-state index in [0.717, 1.165) is 36.0 Å². The molecule has 0 fully saturated rings. The van der Waals surface area contributed by atoms with Gasteiger partial charge in [-0.15, -0.1) is 0 Å². The van der Waals surface area contributed by atoms with Crippen molar-refractivity contribution in [2.24, 2.45) is 0 Å². The number of rotatable bonds is 11. The number of hydrogen-bond acceptors (Lipinski definition) is 4. The number of unbranched alkanes of at least 4 members (excludes halogenated alkanes) is 2. The fourth-order valence-corrected chi connectivity index (χ4v) is 3.89. The van der Waals surface area contributed by atoms with Gasteiger partial charge >= 0.3 is 6.09 Å². The molecule has 0 aromatic heterocycles. The summed E-state index contributed by atoms with van der Waals surface area (Å²) >= 11 is 0. The van der Waals surface area contributed by atoms with Crippen LogP contribution < -0.4 is 10.6 Å². The van der Waals surface area contributed by atoms with Crippen LogP contribution in [0.2, 0.25) is 0 Å². The monoisotopic (exact) mass is 495 g/mol. The van der Waals surface area contributed by atoms with E-state index >= 15 is 0 Å². The van der Waals surface area contributed by atoms with E-state index in [4.69, 9.17) is 4.74 Å². The lowest BCUT2D eigenvalue weighted by atomic mass is 10.0. The minimum absolute atomic E-state index is 0.265. The van der Waals surface area contributed by atoms with E-state index in [9.17, 15) is 14.4 Å². The molecule has 0 aliphatic rings. The average Bonchev–Trinajstić information content (AvgIpc) is 2.81. The van der Waals surface area contributed by atoms with Gasteiger partial charge in [-0.05, 0) is 52.2 Å². The number of benzene rings is 2. The summed E-state index contributed by atoms with van der Waals surface area (Å²) in [5.41, 5.74) is 2.01. The van der Waals surface area contributed by atoms with Crippen LogP contribution in [0.3, 0.4) is 0 Å². The number of carbonyl (C=O) groups is 3. The maximum atomic E-state index is 13.7. The second-order valence-electron chi connectivity index (χ2n) is 10.1. The van der Waals surface area contributed by atoms with Crippen molar-refractivity contribution in [3.63, 3.8) is 0 Å². The summed E-state index contributed by atoms with van der Waals surface area (Å²) in [6, 6.07) is 15.6. The van der Waals surface area contributed by atoms with Crippen LogP contribution >= 0.6 is 0 Å². The van der Waals surface area contributed by atoms with Gasteiger partial charge in [-0.1, -0.05) is 79.9 Å². The van der Waals surface area contributed by atoms with Crippen molar-refractivity contribution in [1.82, 2.24) is 15.5 Å². The van der Waals surface area contributed by atoms with Gasteiger partial charge in [0, 0.05) is 13.1 Å². The van der Waals surface area contributed by atoms with Crippen LogP contribution in [0.5, 0.6) is 0 Å². The van der Waals surface area contributed by atoms with Gasteiger partial charge in [0.2, 0.25) is 11.8 Å². The first-order valence-electron chi connectivity index (χ1n) is 12.7. The first-order valence-corrected chi connectivity index (χ1v) is 12.7. The van der Waals surface area contributed by atoms with Gasteiger partial charge in [-0.3, -0.25) is 9.59 Å². The molecule has 0 spiro atoms. The number of carbonyl (C=O) groups excluding carboxylic acids is 3. The predicted molar refractivity (Wildman–Crippen MR) is 142 cm³/mol. The Kier molecular flexibility index (Phi) is 11.0. The second kappa shape index (κ2) is 13.7. The van der Waals surface area contributed by atoms with E-state index in [1.54, 1.807) is 32.6 Å². The number of hydrogen-bond donors (Lipinski definition) is 2. The third-order valence-electron chi connectivity index (χ3n) is 5.62. The number of amides is 3. The molecule has 7 heteroatoms. The zero-order chi connectivity index (χ0) is 26.7. The Balaban J connectivity index is 2.35. The predicted octanol–water partition coefficient (Wildman–Crippen LogP) is 5.28. The molecule has 0 aliphatic carbocycles. The molecule has 2 N–H and O–H groups in total. The molecule has 0 bridgehead atoms. The molecule has 2 unspecified atom stereocenters. The molecular weight excluding hydrogens is 454 g/mol. The van der Waals surface area contributed by atoms with Crippen LogP contribution in [-0.4, -0.2) is 41.0 Å². The first-order chi connectivity index (χ1) is 17.0. The molecule has 196 valence electrons. The van der Waals surface area contributed by atoms with Crippen molar-refractivity contribution < 1.29 is 19.1 Å². The molecule has 0 radical (unpaired) electrons. The minimum atomic E-state index is -0.865. The van der Waals surface area contributed by atoms with E-state index in [2.05, 4.69) is 17.6 Å². The SMILES string of the molecule is CCCCCN(C(=O)C(C)NC(=O)OC(C)(C)C)C(C(=O)NCc1ccccc1)c1cccc(C)c1. The largest absolute Gasteiger partial charge is 0.444 e. The Morgan fingerprint density at radius 3 is 2.31 bits per heavy atom. The third-order valence-corrected chi connectivity index (χ3v) is 5.62. The molecule has 0 heterocycles. The Hall–Kier alpha value is -3.35. The molecule has 3 amide bonds. The normalized spacial score (nSPS) is 12.8.